The third kappa shape index (κ3) is 4.61. The van der Waals surface area contributed by atoms with Crippen LogP contribution in [0.15, 0.2) is 55.8 Å². The van der Waals surface area contributed by atoms with Gasteiger partial charge in [0.15, 0.2) is 5.13 Å². The van der Waals surface area contributed by atoms with Crippen molar-refractivity contribution in [1.29, 1.82) is 0 Å². The highest BCUT2D eigenvalue weighted by Crippen LogP contribution is 2.29. The molecule has 0 saturated carbocycles. The summed E-state index contributed by atoms with van der Waals surface area (Å²) in [5.74, 6) is -0.577. The first-order valence-electron chi connectivity index (χ1n) is 8.99. The number of rotatable bonds is 5. The average Bonchev–Trinajstić information content (AvgIpc) is 3.41. The molecular weight excluding hydrogens is 494 g/mol. The number of hydrogen-bond donors (Lipinski definition) is 1. The third-order valence-electron chi connectivity index (χ3n) is 4.72. The fourth-order valence-corrected chi connectivity index (χ4v) is 6.86. The summed E-state index contributed by atoms with van der Waals surface area (Å²) < 4.78 is 28.2. The van der Waals surface area contributed by atoms with Gasteiger partial charge in [-0.3, -0.25) is 4.79 Å². The average molecular weight is 512 g/mol. The summed E-state index contributed by atoms with van der Waals surface area (Å²) >= 11 is 5.97. The molecule has 3 aromatic rings. The van der Waals surface area contributed by atoms with Crippen LogP contribution in [0.25, 0.3) is 11.3 Å². The molecular formula is C19H18BrN3O3S3. The highest BCUT2D eigenvalue weighted by Gasteiger charge is 2.34. The number of anilines is 1. The Bertz CT molecular complexity index is 1100. The van der Waals surface area contributed by atoms with Crippen LogP contribution in [0.5, 0.6) is 0 Å². The summed E-state index contributed by atoms with van der Waals surface area (Å²) in [5.41, 5.74) is 1.76. The number of piperidine rings is 1. The predicted molar refractivity (Wildman–Crippen MR) is 120 cm³/mol. The number of halogens is 1. The van der Waals surface area contributed by atoms with Gasteiger partial charge in [-0.15, -0.1) is 22.7 Å². The van der Waals surface area contributed by atoms with Gasteiger partial charge in [-0.2, -0.15) is 4.31 Å². The van der Waals surface area contributed by atoms with E-state index in [1.807, 2.05) is 29.6 Å². The van der Waals surface area contributed by atoms with Gasteiger partial charge in [-0.05, 0) is 36.4 Å². The zero-order chi connectivity index (χ0) is 20.4. The van der Waals surface area contributed by atoms with Gasteiger partial charge in [0.05, 0.1) is 11.6 Å². The summed E-state index contributed by atoms with van der Waals surface area (Å²) in [6.45, 7) is 0.631. The van der Waals surface area contributed by atoms with Gasteiger partial charge in [0.2, 0.25) is 5.91 Å². The molecule has 1 aromatic carbocycles. The van der Waals surface area contributed by atoms with Crippen molar-refractivity contribution in [2.45, 2.75) is 17.1 Å². The second-order valence-electron chi connectivity index (χ2n) is 6.67. The van der Waals surface area contributed by atoms with E-state index in [0.29, 0.717) is 28.7 Å². The summed E-state index contributed by atoms with van der Waals surface area (Å²) in [6, 6.07) is 11.1. The lowest BCUT2D eigenvalue weighted by molar-refractivity contribution is -0.120. The maximum absolute atomic E-state index is 12.7. The second kappa shape index (κ2) is 8.65. The van der Waals surface area contributed by atoms with Crippen LogP contribution in [0.4, 0.5) is 5.13 Å². The third-order valence-corrected chi connectivity index (χ3v) is 9.24. The zero-order valence-corrected chi connectivity index (χ0v) is 19.3. The van der Waals surface area contributed by atoms with E-state index in [1.54, 1.807) is 17.5 Å². The van der Waals surface area contributed by atoms with Crippen LogP contribution in [0.1, 0.15) is 12.8 Å². The van der Waals surface area contributed by atoms with Crippen molar-refractivity contribution >= 4 is 59.7 Å². The molecule has 1 unspecified atom stereocenters. The lowest BCUT2D eigenvalue weighted by Crippen LogP contribution is -2.43. The van der Waals surface area contributed by atoms with E-state index in [-0.39, 0.29) is 12.5 Å². The van der Waals surface area contributed by atoms with Crippen molar-refractivity contribution in [2.24, 2.45) is 5.92 Å². The predicted octanol–water partition coefficient (Wildman–Crippen LogP) is 4.67. The summed E-state index contributed by atoms with van der Waals surface area (Å²) in [6.07, 6.45) is 1.32. The number of nitrogens with zero attached hydrogens (tertiary/aromatic N) is 2. The highest BCUT2D eigenvalue weighted by molar-refractivity contribution is 9.10. The monoisotopic (exact) mass is 511 g/mol. The maximum atomic E-state index is 12.7. The lowest BCUT2D eigenvalue weighted by Gasteiger charge is -2.30. The Morgan fingerprint density at radius 2 is 2.00 bits per heavy atom. The van der Waals surface area contributed by atoms with Crippen molar-refractivity contribution in [1.82, 2.24) is 9.29 Å². The number of thiazole rings is 1. The maximum Gasteiger partial charge on any atom is 0.252 e. The van der Waals surface area contributed by atoms with Crippen LogP contribution in [0.2, 0.25) is 0 Å². The Kier molecular flexibility index (Phi) is 6.16. The number of aromatic nitrogens is 1. The molecule has 1 atom stereocenters. The Morgan fingerprint density at radius 1 is 1.21 bits per heavy atom. The minimum atomic E-state index is -3.54. The molecule has 6 nitrogen and oxygen atoms in total. The highest BCUT2D eigenvalue weighted by atomic mass is 79.9. The molecule has 152 valence electrons. The van der Waals surface area contributed by atoms with Crippen molar-refractivity contribution < 1.29 is 13.2 Å². The molecule has 4 rings (SSSR count). The molecule has 0 radical (unpaired) electrons. The van der Waals surface area contributed by atoms with E-state index in [1.165, 1.54) is 27.0 Å². The van der Waals surface area contributed by atoms with Crippen LogP contribution >= 0.6 is 38.6 Å². The summed E-state index contributed by atoms with van der Waals surface area (Å²) in [4.78, 5) is 17.2. The van der Waals surface area contributed by atoms with E-state index in [2.05, 4.69) is 26.2 Å². The van der Waals surface area contributed by atoms with Crippen molar-refractivity contribution in [3.63, 3.8) is 0 Å². The first-order chi connectivity index (χ1) is 13.9. The van der Waals surface area contributed by atoms with Crippen LogP contribution in [0.3, 0.4) is 0 Å². The van der Waals surface area contributed by atoms with E-state index >= 15 is 0 Å². The molecule has 10 heteroatoms. The number of amides is 1. The summed E-state index contributed by atoms with van der Waals surface area (Å²) in [7, 11) is -3.54. The van der Waals surface area contributed by atoms with E-state index in [9.17, 15) is 13.2 Å². The molecule has 1 saturated heterocycles. The molecule has 0 aliphatic carbocycles. The van der Waals surface area contributed by atoms with Crippen LogP contribution in [-0.2, 0) is 14.8 Å². The fourth-order valence-electron chi connectivity index (χ4n) is 3.20. The molecule has 1 aliphatic rings. The molecule has 2 aromatic heterocycles. The van der Waals surface area contributed by atoms with E-state index < -0.39 is 15.9 Å². The Morgan fingerprint density at radius 3 is 2.72 bits per heavy atom. The quantitative estimate of drug-likeness (QED) is 0.539. The van der Waals surface area contributed by atoms with Gasteiger partial charge in [0.25, 0.3) is 10.0 Å². The van der Waals surface area contributed by atoms with Crippen molar-refractivity contribution in [2.75, 3.05) is 18.4 Å². The molecule has 0 bridgehead atoms. The smallest absolute Gasteiger partial charge is 0.252 e. The molecule has 1 fully saturated rings. The van der Waals surface area contributed by atoms with Crippen molar-refractivity contribution in [3.05, 3.63) is 51.6 Å². The van der Waals surface area contributed by atoms with Gasteiger partial charge < -0.3 is 5.32 Å². The first-order valence-corrected chi connectivity index (χ1v) is 13.0. The zero-order valence-electron chi connectivity index (χ0n) is 15.2. The number of hydrogen-bond acceptors (Lipinski definition) is 6. The first kappa shape index (κ1) is 20.7. The number of carbonyl (C=O) groups excluding carboxylic acids is 1. The second-order valence-corrected chi connectivity index (χ2v) is 11.6. The number of nitrogens with one attached hydrogen (secondary N) is 1. The van der Waals surface area contributed by atoms with Gasteiger partial charge in [-0.1, -0.05) is 34.1 Å². The van der Waals surface area contributed by atoms with Gasteiger partial charge >= 0.3 is 0 Å². The molecule has 29 heavy (non-hydrogen) atoms. The fraction of sp³-hybridized carbons (Fsp3) is 0.263. The van der Waals surface area contributed by atoms with Crippen LogP contribution in [0, 0.1) is 5.92 Å². The molecule has 3 heterocycles. The van der Waals surface area contributed by atoms with E-state index in [0.717, 1.165) is 15.7 Å². The molecule has 0 spiro atoms. The van der Waals surface area contributed by atoms with Crippen LogP contribution < -0.4 is 5.32 Å². The topological polar surface area (TPSA) is 79.4 Å². The van der Waals surface area contributed by atoms with Crippen LogP contribution in [-0.4, -0.2) is 36.7 Å². The Labute approximate surface area is 185 Å². The SMILES string of the molecule is O=C(Nc1nc(-c2ccc(Br)cc2)cs1)C1CCCN(S(=O)(=O)c2cccs2)C1. The largest absolute Gasteiger partial charge is 0.302 e. The normalized spacial score (nSPS) is 17.9. The number of thiophene rings is 1. The minimum absolute atomic E-state index is 0.187. The van der Waals surface area contributed by atoms with E-state index in [4.69, 9.17) is 0 Å². The minimum Gasteiger partial charge on any atom is -0.302 e. The molecule has 1 N–H and O–H groups in total. The molecule has 1 amide bonds. The number of sulfonamides is 1. The van der Waals surface area contributed by atoms with Crippen molar-refractivity contribution in [3.8, 4) is 11.3 Å². The lowest BCUT2D eigenvalue weighted by atomic mass is 9.99. The van der Waals surface area contributed by atoms with Gasteiger partial charge in [-0.25, -0.2) is 13.4 Å². The number of benzene rings is 1. The Hall–Kier alpha value is -1.59. The standard InChI is InChI=1S/C19H18BrN3O3S3/c20-15-7-5-13(6-8-15)16-12-28-19(21-16)22-18(24)14-3-1-9-23(11-14)29(25,26)17-4-2-10-27-17/h2,4-8,10,12,14H,1,3,9,11H2,(H,21,22,24). The van der Waals surface area contributed by atoms with Gasteiger partial charge in [0, 0.05) is 28.5 Å². The number of carbonyl (C=O) groups is 1. The molecule has 1 aliphatic heterocycles. The van der Waals surface area contributed by atoms with Gasteiger partial charge in [0.1, 0.15) is 4.21 Å². The summed E-state index contributed by atoms with van der Waals surface area (Å²) in [5, 5.41) is 7.02. The Balaban J connectivity index is 1.43.